The van der Waals surface area contributed by atoms with Crippen LogP contribution in [0.2, 0.25) is 10.6 Å². The van der Waals surface area contributed by atoms with Crippen LogP contribution in [0.15, 0.2) is 0 Å². The van der Waals surface area contributed by atoms with Crippen LogP contribution >= 0.6 is 0 Å². The summed E-state index contributed by atoms with van der Waals surface area (Å²) in [5, 5.41) is 13.2. The first-order valence-corrected chi connectivity index (χ1v) is 11.6. The van der Waals surface area contributed by atoms with Gasteiger partial charge in [-0.3, -0.25) is 0 Å². The zero-order valence-corrected chi connectivity index (χ0v) is 17.5. The molecule has 0 atom stereocenters. The zero-order valence-electron chi connectivity index (χ0n) is 16.4. The topological polar surface area (TPSA) is 23.1 Å². The molecule has 0 aliphatic rings. The van der Waals surface area contributed by atoms with Gasteiger partial charge < -0.3 is 5.11 Å². The Balaban J connectivity index is 0. The molecule has 0 bridgehead atoms. The van der Waals surface area contributed by atoms with Gasteiger partial charge in [-0.2, -0.15) is 0 Å². The van der Waals surface area contributed by atoms with Crippen LogP contribution in [0.5, 0.6) is 0 Å². The van der Waals surface area contributed by atoms with Crippen LogP contribution in [-0.4, -0.2) is 20.8 Å². The summed E-state index contributed by atoms with van der Waals surface area (Å²) in [5.41, 5.74) is -0.750. The Labute approximate surface area is 148 Å². The van der Waals surface area contributed by atoms with Gasteiger partial charge in [-0.05, 0) is 0 Å². The van der Waals surface area contributed by atoms with Gasteiger partial charge in [-0.25, -0.2) is 0 Å². The van der Waals surface area contributed by atoms with Crippen LogP contribution < -0.4 is 5.11 Å². The van der Waals surface area contributed by atoms with E-state index in [9.17, 15) is 5.11 Å². The van der Waals surface area contributed by atoms with Gasteiger partial charge in [0.15, 0.2) is 0 Å². The van der Waals surface area contributed by atoms with Crippen molar-refractivity contribution in [1.29, 1.82) is 0 Å². The van der Waals surface area contributed by atoms with E-state index in [0.29, 0.717) is 0 Å². The molecule has 132 valence electrons. The Morgan fingerprint density at radius 3 is 1.18 bits per heavy atom. The number of unbranched alkanes of at least 4 members (excludes halogenated alkanes) is 10. The van der Waals surface area contributed by atoms with Crippen LogP contribution in [0, 0.1) is 0 Å². The van der Waals surface area contributed by atoms with Gasteiger partial charge in [0.25, 0.3) is 0 Å². The van der Waals surface area contributed by atoms with E-state index < -0.39 is 5.60 Å². The fourth-order valence-corrected chi connectivity index (χ4v) is 3.73. The summed E-state index contributed by atoms with van der Waals surface area (Å²) in [6.45, 7) is 9.49. The summed E-state index contributed by atoms with van der Waals surface area (Å²) in [6, 6.07) is 0. The number of hydrogen-bond acceptors (Lipinski definition) is 1. The van der Waals surface area contributed by atoms with E-state index >= 15 is 0 Å². The molecule has 0 spiro atoms. The number of hydrogen-bond donors (Lipinski definition) is 0. The summed E-state index contributed by atoms with van der Waals surface area (Å²) in [5.74, 6) is 0. The Kier molecular flexibility index (Phi) is 22.0. The van der Waals surface area contributed by atoms with Crippen molar-refractivity contribution in [3.63, 3.8) is 0 Å². The molecule has 0 aromatic carbocycles. The molecule has 0 aromatic rings. The van der Waals surface area contributed by atoms with Crippen molar-refractivity contribution in [3.8, 4) is 0 Å². The third kappa shape index (κ3) is 37.1. The van der Waals surface area contributed by atoms with Gasteiger partial charge >= 0.3 is 117 Å². The molecule has 0 aliphatic heterocycles. The van der Waals surface area contributed by atoms with E-state index in [-0.39, 0.29) is 0 Å². The molecular weight excluding hydrogens is 283 g/mol. The normalized spacial score (nSPS) is 10.8. The molecule has 0 saturated carbocycles. The first-order valence-electron chi connectivity index (χ1n) is 9.93. The maximum atomic E-state index is 10.1. The first-order chi connectivity index (χ1) is 10.4. The second-order valence-electron chi connectivity index (χ2n) is 7.51. The van der Waals surface area contributed by atoms with Crippen molar-refractivity contribution in [2.24, 2.45) is 0 Å². The molecule has 2 heteroatoms. The summed E-state index contributed by atoms with van der Waals surface area (Å²) >= 11 is 0.794. The SMILES string of the molecule is CC(C)(C)[O-].CCCCCCC[CH2][Al+][CH2]CCCCCCC. The average Bonchev–Trinajstić information content (AvgIpc) is 2.42. The Bertz CT molecular complexity index is 167. The molecule has 0 N–H and O–H groups in total. The van der Waals surface area contributed by atoms with Crippen molar-refractivity contribution >= 4 is 15.2 Å². The van der Waals surface area contributed by atoms with E-state index in [1.165, 1.54) is 77.0 Å². The molecular formula is C20H43AlO. The van der Waals surface area contributed by atoms with Crippen LogP contribution in [0.25, 0.3) is 0 Å². The molecule has 0 aliphatic carbocycles. The molecule has 0 fully saturated rings. The van der Waals surface area contributed by atoms with Gasteiger partial charge in [-0.15, -0.1) is 5.60 Å². The van der Waals surface area contributed by atoms with Gasteiger partial charge in [-0.1, -0.05) is 20.8 Å². The third-order valence-corrected chi connectivity index (χ3v) is 5.16. The molecule has 0 unspecified atom stereocenters. The van der Waals surface area contributed by atoms with Crippen LogP contribution in [0.4, 0.5) is 0 Å². The Morgan fingerprint density at radius 2 is 0.864 bits per heavy atom. The minimum atomic E-state index is -0.750. The molecule has 0 aromatic heterocycles. The second kappa shape index (κ2) is 19.5. The zero-order chi connectivity index (χ0) is 17.1. The van der Waals surface area contributed by atoms with Crippen molar-refractivity contribution < 1.29 is 5.11 Å². The van der Waals surface area contributed by atoms with Crippen LogP contribution in [-0.2, 0) is 0 Å². The average molecular weight is 327 g/mol. The summed E-state index contributed by atoms with van der Waals surface area (Å²) in [7, 11) is 0. The predicted molar refractivity (Wildman–Crippen MR) is 102 cm³/mol. The second-order valence-corrected chi connectivity index (χ2v) is 9.25. The molecule has 0 amide bonds. The molecule has 0 heterocycles. The first kappa shape index (κ1) is 24.7. The number of rotatable bonds is 14. The monoisotopic (exact) mass is 326 g/mol. The Hall–Kier alpha value is 0.492. The van der Waals surface area contributed by atoms with E-state index in [2.05, 4.69) is 13.8 Å². The third-order valence-electron chi connectivity index (χ3n) is 3.52. The summed E-state index contributed by atoms with van der Waals surface area (Å²) in [6.07, 6.45) is 17.6. The van der Waals surface area contributed by atoms with E-state index in [4.69, 9.17) is 0 Å². The fraction of sp³-hybridized carbons (Fsp3) is 1.00. The van der Waals surface area contributed by atoms with Crippen molar-refractivity contribution in [2.75, 3.05) is 0 Å². The van der Waals surface area contributed by atoms with E-state index in [1.54, 1.807) is 31.3 Å². The molecule has 0 saturated heterocycles. The van der Waals surface area contributed by atoms with Gasteiger partial charge in [0.05, 0.1) is 0 Å². The van der Waals surface area contributed by atoms with Crippen molar-refractivity contribution in [3.05, 3.63) is 0 Å². The van der Waals surface area contributed by atoms with E-state index in [0.717, 1.165) is 15.2 Å². The van der Waals surface area contributed by atoms with Crippen LogP contribution in [0.1, 0.15) is 112 Å². The fourth-order valence-electron chi connectivity index (χ4n) is 2.28. The Morgan fingerprint density at radius 1 is 0.591 bits per heavy atom. The van der Waals surface area contributed by atoms with Gasteiger partial charge in [0, 0.05) is 0 Å². The molecule has 1 nitrogen and oxygen atoms in total. The van der Waals surface area contributed by atoms with Crippen molar-refractivity contribution in [2.45, 2.75) is 128 Å². The maximum absolute atomic E-state index is 10.1. The van der Waals surface area contributed by atoms with Gasteiger partial charge in [0.1, 0.15) is 0 Å². The predicted octanol–water partition coefficient (Wildman–Crippen LogP) is 6.39. The molecule has 0 radical (unpaired) electrons. The van der Waals surface area contributed by atoms with Gasteiger partial charge in [0.2, 0.25) is 0 Å². The molecule has 0 rings (SSSR count). The summed E-state index contributed by atoms with van der Waals surface area (Å²) < 4.78 is 0. The van der Waals surface area contributed by atoms with Crippen LogP contribution in [0.3, 0.4) is 0 Å². The molecule has 22 heavy (non-hydrogen) atoms. The quantitative estimate of drug-likeness (QED) is 0.268. The van der Waals surface area contributed by atoms with E-state index in [1.807, 2.05) is 0 Å². The van der Waals surface area contributed by atoms with Crippen molar-refractivity contribution in [1.82, 2.24) is 0 Å². The minimum absolute atomic E-state index is 0.750. The standard InChI is InChI=1S/2C8H17.C4H9O.Al/c2*1-3-5-7-8-6-4-2;1-4(2,3)5;/h2*1,3-8H2,2H3;1-3H3;/q;;-1;+1. The summed E-state index contributed by atoms with van der Waals surface area (Å²) in [4.78, 5) is 0.